The first-order valence-electron chi connectivity index (χ1n) is 7.99. The maximum Gasteiger partial charge on any atom is 0.312 e. The smallest absolute Gasteiger partial charge is 0.312 e. The fourth-order valence-electron chi connectivity index (χ4n) is 2.31. The molecule has 1 unspecified atom stereocenters. The van der Waals surface area contributed by atoms with Gasteiger partial charge in [0, 0.05) is 13.0 Å². The van der Waals surface area contributed by atoms with Crippen molar-refractivity contribution in [2.24, 2.45) is 0 Å². The zero-order valence-electron chi connectivity index (χ0n) is 13.7. The Bertz CT molecular complexity index is 706. The van der Waals surface area contributed by atoms with Crippen LogP contribution in [0.15, 0.2) is 54.6 Å². The third-order valence-electron chi connectivity index (χ3n) is 3.65. The average molecular weight is 362 g/mol. The summed E-state index contributed by atoms with van der Waals surface area (Å²) in [5.41, 5.74) is 0.664. The minimum Gasteiger partial charge on any atom is -0.492 e. The predicted octanol–water partition coefficient (Wildman–Crippen LogP) is 3.48. The summed E-state index contributed by atoms with van der Waals surface area (Å²) >= 11 is 5.98. The molecule has 0 aromatic heterocycles. The summed E-state index contributed by atoms with van der Waals surface area (Å²) in [5, 5.41) is 12.5. The highest BCUT2D eigenvalue weighted by Gasteiger charge is 2.20. The molecule has 2 aromatic rings. The van der Waals surface area contributed by atoms with Crippen LogP contribution in [0.1, 0.15) is 24.3 Å². The zero-order valence-corrected chi connectivity index (χ0v) is 14.4. The molecule has 0 aliphatic heterocycles. The molecule has 2 aromatic carbocycles. The number of hydrogen-bond acceptors (Lipinski definition) is 3. The van der Waals surface area contributed by atoms with Gasteiger partial charge in [0.05, 0.1) is 17.5 Å². The predicted molar refractivity (Wildman–Crippen MR) is 96.0 cm³/mol. The molecule has 0 saturated heterocycles. The summed E-state index contributed by atoms with van der Waals surface area (Å²) in [6.45, 7) is 0.418. The van der Waals surface area contributed by atoms with Crippen molar-refractivity contribution >= 4 is 23.5 Å². The Balaban J connectivity index is 1.73. The molecule has 6 heteroatoms. The Morgan fingerprint density at radius 2 is 1.76 bits per heavy atom. The lowest BCUT2D eigenvalue weighted by molar-refractivity contribution is -0.138. The number of carbonyl (C=O) groups excluding carboxylic acids is 1. The molecule has 0 fully saturated rings. The monoisotopic (exact) mass is 361 g/mol. The fraction of sp³-hybridized carbons (Fsp3) is 0.263. The molecule has 25 heavy (non-hydrogen) atoms. The number of para-hydroxylation sites is 1. The number of carboxylic acids is 1. The average Bonchev–Trinajstić information content (AvgIpc) is 2.61. The Labute approximate surface area is 151 Å². The number of ether oxygens (including phenoxy) is 1. The lowest BCUT2D eigenvalue weighted by atomic mass is 9.99. The van der Waals surface area contributed by atoms with E-state index in [1.54, 1.807) is 36.4 Å². The van der Waals surface area contributed by atoms with Crippen LogP contribution in [0.3, 0.4) is 0 Å². The van der Waals surface area contributed by atoms with Gasteiger partial charge in [-0.25, -0.2) is 0 Å². The number of amides is 1. The molecule has 132 valence electrons. The van der Waals surface area contributed by atoms with E-state index in [0.717, 1.165) is 0 Å². The van der Waals surface area contributed by atoms with E-state index in [9.17, 15) is 14.7 Å². The Hall–Kier alpha value is -2.53. The molecule has 1 atom stereocenters. The standard InChI is InChI=1S/C19H20ClNO4/c20-16-9-4-5-10-17(16)25-12-6-11-18(22)21-13-15(19(23)24)14-7-2-1-3-8-14/h1-5,7-10,15H,6,11-13H2,(H,21,22)(H,23,24). The first-order chi connectivity index (χ1) is 12.1. The second-order valence-corrected chi connectivity index (χ2v) is 5.90. The maximum atomic E-state index is 11.9. The SMILES string of the molecule is O=C(CCCOc1ccccc1Cl)NCC(C(=O)O)c1ccccc1. The molecule has 0 aliphatic rings. The van der Waals surface area contributed by atoms with Crippen molar-refractivity contribution in [2.75, 3.05) is 13.2 Å². The minimum absolute atomic E-state index is 0.0591. The van der Waals surface area contributed by atoms with Gasteiger partial charge < -0.3 is 15.2 Å². The Morgan fingerprint density at radius 3 is 2.44 bits per heavy atom. The molecular weight excluding hydrogens is 342 g/mol. The summed E-state index contributed by atoms with van der Waals surface area (Å²) in [5.74, 6) is -1.34. The van der Waals surface area contributed by atoms with E-state index in [4.69, 9.17) is 16.3 Å². The van der Waals surface area contributed by atoms with Gasteiger partial charge in [-0.2, -0.15) is 0 Å². The third-order valence-corrected chi connectivity index (χ3v) is 3.96. The normalized spacial score (nSPS) is 11.6. The number of nitrogens with one attached hydrogen (secondary N) is 1. The molecule has 0 heterocycles. The van der Waals surface area contributed by atoms with E-state index in [1.807, 2.05) is 18.2 Å². The Kier molecular flexibility index (Phi) is 7.29. The molecule has 0 saturated carbocycles. The second kappa shape index (κ2) is 9.69. The van der Waals surface area contributed by atoms with Crippen LogP contribution in [0.25, 0.3) is 0 Å². The molecule has 0 aliphatic carbocycles. The molecule has 2 N–H and O–H groups in total. The van der Waals surface area contributed by atoms with E-state index in [2.05, 4.69) is 5.32 Å². The lowest BCUT2D eigenvalue weighted by Gasteiger charge is -2.14. The van der Waals surface area contributed by atoms with E-state index >= 15 is 0 Å². The largest absolute Gasteiger partial charge is 0.492 e. The Morgan fingerprint density at radius 1 is 1.08 bits per heavy atom. The number of aliphatic carboxylic acids is 1. The molecule has 5 nitrogen and oxygen atoms in total. The van der Waals surface area contributed by atoms with Gasteiger partial charge in [0.2, 0.25) is 5.91 Å². The van der Waals surface area contributed by atoms with E-state index in [-0.39, 0.29) is 18.9 Å². The molecule has 1 amide bonds. The summed E-state index contributed by atoms with van der Waals surface area (Å²) < 4.78 is 5.51. The highest BCUT2D eigenvalue weighted by molar-refractivity contribution is 6.32. The summed E-state index contributed by atoms with van der Waals surface area (Å²) in [7, 11) is 0. The number of halogens is 1. The number of hydrogen-bond donors (Lipinski definition) is 2. The molecular formula is C19H20ClNO4. The van der Waals surface area contributed by atoms with Gasteiger partial charge in [0.1, 0.15) is 5.75 Å². The van der Waals surface area contributed by atoms with Gasteiger partial charge in [-0.05, 0) is 24.1 Å². The van der Waals surface area contributed by atoms with E-state index < -0.39 is 11.9 Å². The molecule has 0 bridgehead atoms. The van der Waals surface area contributed by atoms with Crippen molar-refractivity contribution < 1.29 is 19.4 Å². The van der Waals surface area contributed by atoms with Gasteiger partial charge in [0.15, 0.2) is 0 Å². The first-order valence-corrected chi connectivity index (χ1v) is 8.37. The highest BCUT2D eigenvalue weighted by atomic mass is 35.5. The van der Waals surface area contributed by atoms with Gasteiger partial charge in [0.25, 0.3) is 0 Å². The van der Waals surface area contributed by atoms with Crippen molar-refractivity contribution in [1.82, 2.24) is 5.32 Å². The van der Waals surface area contributed by atoms with Crippen LogP contribution in [-0.4, -0.2) is 30.1 Å². The van der Waals surface area contributed by atoms with Crippen LogP contribution >= 0.6 is 11.6 Å². The van der Waals surface area contributed by atoms with Crippen molar-refractivity contribution in [1.29, 1.82) is 0 Å². The van der Waals surface area contributed by atoms with Gasteiger partial charge in [-0.15, -0.1) is 0 Å². The van der Waals surface area contributed by atoms with E-state index in [0.29, 0.717) is 29.4 Å². The van der Waals surface area contributed by atoms with Crippen molar-refractivity contribution in [2.45, 2.75) is 18.8 Å². The lowest BCUT2D eigenvalue weighted by Crippen LogP contribution is -2.31. The second-order valence-electron chi connectivity index (χ2n) is 5.49. The van der Waals surface area contributed by atoms with Crippen molar-refractivity contribution in [3.63, 3.8) is 0 Å². The zero-order chi connectivity index (χ0) is 18.1. The first kappa shape index (κ1) is 18.8. The van der Waals surface area contributed by atoms with Crippen LogP contribution in [0.5, 0.6) is 5.75 Å². The van der Waals surface area contributed by atoms with Crippen LogP contribution in [0.4, 0.5) is 0 Å². The van der Waals surface area contributed by atoms with Crippen molar-refractivity contribution in [3.8, 4) is 5.75 Å². The summed E-state index contributed by atoms with van der Waals surface area (Å²) in [6.07, 6.45) is 0.770. The third kappa shape index (κ3) is 6.12. The topological polar surface area (TPSA) is 75.6 Å². The maximum absolute atomic E-state index is 11.9. The number of carboxylic acid groups (broad SMARTS) is 1. The summed E-state index contributed by atoms with van der Waals surface area (Å²) in [6, 6.07) is 16.0. The highest BCUT2D eigenvalue weighted by Crippen LogP contribution is 2.23. The number of benzene rings is 2. The van der Waals surface area contributed by atoms with Gasteiger partial charge in [-0.1, -0.05) is 54.1 Å². The fourth-order valence-corrected chi connectivity index (χ4v) is 2.50. The van der Waals surface area contributed by atoms with Gasteiger partial charge >= 0.3 is 5.97 Å². The van der Waals surface area contributed by atoms with Crippen LogP contribution in [0.2, 0.25) is 5.02 Å². The van der Waals surface area contributed by atoms with Crippen LogP contribution < -0.4 is 10.1 Å². The van der Waals surface area contributed by atoms with Crippen LogP contribution in [0, 0.1) is 0 Å². The van der Waals surface area contributed by atoms with Crippen molar-refractivity contribution in [3.05, 3.63) is 65.2 Å². The number of carbonyl (C=O) groups is 2. The molecule has 0 radical (unpaired) electrons. The summed E-state index contributed by atoms with van der Waals surface area (Å²) in [4.78, 5) is 23.3. The van der Waals surface area contributed by atoms with Crippen LogP contribution in [-0.2, 0) is 9.59 Å². The molecule has 2 rings (SSSR count). The minimum atomic E-state index is -0.964. The number of rotatable bonds is 9. The molecule has 0 spiro atoms. The van der Waals surface area contributed by atoms with Gasteiger partial charge in [-0.3, -0.25) is 9.59 Å². The quantitative estimate of drug-likeness (QED) is 0.670. The van der Waals surface area contributed by atoms with E-state index in [1.165, 1.54) is 0 Å².